The number of hydrogen-bond acceptors (Lipinski definition) is 2. The third-order valence-electron chi connectivity index (χ3n) is 8.81. The second-order valence-corrected chi connectivity index (χ2v) is 11.6. The monoisotopic (exact) mass is 498 g/mol. The van der Waals surface area contributed by atoms with Crippen molar-refractivity contribution in [2.45, 2.75) is 97.3 Å². The van der Waals surface area contributed by atoms with Gasteiger partial charge in [-0.1, -0.05) is 102 Å². The van der Waals surface area contributed by atoms with Crippen LogP contribution in [0.5, 0.6) is 0 Å². The molecule has 2 aliphatic rings. The van der Waals surface area contributed by atoms with E-state index in [1.807, 2.05) is 0 Å². The van der Waals surface area contributed by atoms with Crippen molar-refractivity contribution in [1.82, 2.24) is 4.90 Å². The molecule has 0 bridgehead atoms. The Morgan fingerprint density at radius 2 is 1.59 bits per heavy atom. The summed E-state index contributed by atoms with van der Waals surface area (Å²) in [6.07, 6.45) is 16.9. The van der Waals surface area contributed by atoms with Crippen molar-refractivity contribution in [3.63, 3.8) is 0 Å². The van der Waals surface area contributed by atoms with Gasteiger partial charge < -0.3 is 10.2 Å². The Labute approximate surface area is 227 Å². The van der Waals surface area contributed by atoms with Gasteiger partial charge in [-0.3, -0.25) is 0 Å². The quantitative estimate of drug-likeness (QED) is 0.276. The van der Waals surface area contributed by atoms with Gasteiger partial charge >= 0.3 is 0 Å². The van der Waals surface area contributed by atoms with Crippen LogP contribution >= 0.6 is 0 Å². The molecule has 2 heteroatoms. The fourth-order valence-electron chi connectivity index (χ4n) is 6.42. The predicted octanol–water partition coefficient (Wildman–Crippen LogP) is 9.72. The fourth-order valence-corrected chi connectivity index (χ4v) is 6.42. The largest absolute Gasteiger partial charge is 0.371 e. The van der Waals surface area contributed by atoms with E-state index in [4.69, 9.17) is 0 Å². The Balaban J connectivity index is 1.41. The number of fused-ring (bicyclic) bond motifs is 1. The van der Waals surface area contributed by atoms with Crippen molar-refractivity contribution in [3.05, 3.63) is 77.9 Å². The lowest BCUT2D eigenvalue weighted by molar-refractivity contribution is 0.124. The molecule has 0 radical (unpaired) electrons. The minimum absolute atomic E-state index is 0.866. The number of nitrogens with one attached hydrogen (secondary N) is 1. The van der Waals surface area contributed by atoms with Crippen LogP contribution in [0.15, 0.2) is 55.6 Å². The molecule has 2 aromatic rings. The van der Waals surface area contributed by atoms with Gasteiger partial charge in [0.25, 0.3) is 0 Å². The van der Waals surface area contributed by atoms with Crippen LogP contribution in [0, 0.1) is 11.8 Å². The first-order valence-corrected chi connectivity index (χ1v) is 15.2. The number of nitrogens with zero attached hydrogens (tertiary/aromatic N) is 1. The number of likely N-dealkylation sites (tertiary alicyclic amines) is 1. The Bertz CT molecular complexity index is 1020. The number of aryl methyl sites for hydroxylation is 2. The first kappa shape index (κ1) is 27.6. The van der Waals surface area contributed by atoms with Crippen molar-refractivity contribution in [3.8, 4) is 0 Å². The summed E-state index contributed by atoms with van der Waals surface area (Å²) in [5.41, 5.74) is 8.66. The maximum Gasteiger partial charge on any atom is 0.0387 e. The standard InChI is InChI=1S/C35H50N2/c1-5-7-9-10-13-29-17-19-30(20-18-29)27(3)36-34-21-22-35(32(25-34)14-8-6-2)28(4)37-24-23-31-15-11-12-16-33(31)26-37/h17-22,25,31,33,36H,3-16,23-24,26H2,1-2H3. The third-order valence-corrected chi connectivity index (χ3v) is 8.81. The van der Waals surface area contributed by atoms with Gasteiger partial charge in [0.05, 0.1) is 0 Å². The van der Waals surface area contributed by atoms with Gasteiger partial charge in [-0.2, -0.15) is 0 Å². The number of anilines is 1. The molecule has 2 fully saturated rings. The number of rotatable bonds is 13. The van der Waals surface area contributed by atoms with E-state index in [9.17, 15) is 0 Å². The molecule has 200 valence electrons. The highest BCUT2D eigenvalue weighted by Gasteiger charge is 2.32. The van der Waals surface area contributed by atoms with Gasteiger partial charge in [-0.25, -0.2) is 0 Å². The first-order chi connectivity index (χ1) is 18.1. The molecule has 0 spiro atoms. The minimum atomic E-state index is 0.866. The molecule has 1 aliphatic heterocycles. The molecule has 2 atom stereocenters. The lowest BCUT2D eigenvalue weighted by Gasteiger charge is -2.43. The molecule has 2 nitrogen and oxygen atoms in total. The van der Waals surface area contributed by atoms with Gasteiger partial charge in [0.1, 0.15) is 0 Å². The Hall–Kier alpha value is -2.48. The van der Waals surface area contributed by atoms with Crippen molar-refractivity contribution in [2.24, 2.45) is 11.8 Å². The average molecular weight is 499 g/mol. The van der Waals surface area contributed by atoms with Gasteiger partial charge in [-0.05, 0) is 79.2 Å². The second kappa shape index (κ2) is 13.9. The summed E-state index contributed by atoms with van der Waals surface area (Å²) in [6.45, 7) is 15.9. The van der Waals surface area contributed by atoms with Crippen LogP contribution in [0.1, 0.15) is 107 Å². The van der Waals surface area contributed by atoms with E-state index in [2.05, 4.69) is 79.7 Å². The number of piperidine rings is 1. The average Bonchev–Trinajstić information content (AvgIpc) is 2.94. The van der Waals surface area contributed by atoms with Gasteiger partial charge in [-0.15, -0.1) is 0 Å². The molecule has 0 aromatic heterocycles. The van der Waals surface area contributed by atoms with Gasteiger partial charge in [0.15, 0.2) is 0 Å². The van der Waals surface area contributed by atoms with E-state index in [1.54, 1.807) is 0 Å². The van der Waals surface area contributed by atoms with Crippen molar-refractivity contribution in [1.29, 1.82) is 0 Å². The molecule has 1 heterocycles. The molecule has 2 unspecified atom stereocenters. The molecule has 37 heavy (non-hydrogen) atoms. The summed E-state index contributed by atoms with van der Waals surface area (Å²) in [5, 5.41) is 3.60. The van der Waals surface area contributed by atoms with E-state index in [-0.39, 0.29) is 0 Å². The maximum absolute atomic E-state index is 4.62. The first-order valence-electron chi connectivity index (χ1n) is 15.2. The minimum Gasteiger partial charge on any atom is -0.371 e. The molecule has 4 rings (SSSR count). The smallest absolute Gasteiger partial charge is 0.0387 e. The van der Waals surface area contributed by atoms with Crippen LogP contribution in [0.4, 0.5) is 5.69 Å². The Kier molecular flexibility index (Phi) is 10.3. The summed E-state index contributed by atoms with van der Waals surface area (Å²) in [4.78, 5) is 2.59. The van der Waals surface area contributed by atoms with Gasteiger partial charge in [0, 0.05) is 35.7 Å². The van der Waals surface area contributed by atoms with E-state index in [0.717, 1.165) is 35.2 Å². The topological polar surface area (TPSA) is 15.3 Å². The van der Waals surface area contributed by atoms with Crippen molar-refractivity contribution < 1.29 is 0 Å². The van der Waals surface area contributed by atoms with Crippen molar-refractivity contribution in [2.75, 3.05) is 18.4 Å². The summed E-state index contributed by atoms with van der Waals surface area (Å²) in [5.74, 6) is 1.82. The molecule has 1 aliphatic carbocycles. The summed E-state index contributed by atoms with van der Waals surface area (Å²) >= 11 is 0. The van der Waals surface area contributed by atoms with Crippen LogP contribution in [-0.2, 0) is 12.8 Å². The van der Waals surface area contributed by atoms with Crippen LogP contribution in [-0.4, -0.2) is 18.0 Å². The van der Waals surface area contributed by atoms with Gasteiger partial charge in [0.2, 0.25) is 0 Å². The molecule has 2 aromatic carbocycles. The fraction of sp³-hybridized carbons (Fsp3) is 0.543. The Morgan fingerprint density at radius 3 is 2.35 bits per heavy atom. The molecule has 1 saturated heterocycles. The normalized spacial score (nSPS) is 19.4. The summed E-state index contributed by atoms with van der Waals surface area (Å²) in [6, 6.07) is 15.8. The van der Waals surface area contributed by atoms with E-state index < -0.39 is 0 Å². The zero-order valence-corrected chi connectivity index (χ0v) is 23.7. The zero-order chi connectivity index (χ0) is 26.0. The molecular formula is C35H50N2. The van der Waals surface area contributed by atoms with Crippen LogP contribution in [0.3, 0.4) is 0 Å². The number of unbranched alkanes of at least 4 members (excludes halogenated alkanes) is 4. The highest BCUT2D eigenvalue weighted by molar-refractivity contribution is 5.77. The van der Waals surface area contributed by atoms with Crippen LogP contribution < -0.4 is 5.32 Å². The predicted molar refractivity (Wildman–Crippen MR) is 163 cm³/mol. The SMILES string of the molecule is C=C(Nc1ccc(C(=C)N2CCC3CCCCC3C2)c(CCCC)c1)c1ccc(CCCCCC)cc1. The lowest BCUT2D eigenvalue weighted by Crippen LogP contribution is -2.40. The second-order valence-electron chi connectivity index (χ2n) is 11.6. The highest BCUT2D eigenvalue weighted by Crippen LogP contribution is 2.39. The summed E-state index contributed by atoms with van der Waals surface area (Å²) < 4.78 is 0. The lowest BCUT2D eigenvalue weighted by atomic mass is 9.75. The summed E-state index contributed by atoms with van der Waals surface area (Å²) in [7, 11) is 0. The molecule has 1 N–H and O–H groups in total. The van der Waals surface area contributed by atoms with Crippen LogP contribution in [0.25, 0.3) is 11.4 Å². The third kappa shape index (κ3) is 7.53. The van der Waals surface area contributed by atoms with Crippen molar-refractivity contribution >= 4 is 17.1 Å². The highest BCUT2D eigenvalue weighted by atomic mass is 15.1. The number of hydrogen-bond donors (Lipinski definition) is 1. The van der Waals surface area contributed by atoms with E-state index >= 15 is 0 Å². The zero-order valence-electron chi connectivity index (χ0n) is 23.7. The van der Waals surface area contributed by atoms with E-state index in [1.165, 1.54) is 113 Å². The number of benzene rings is 2. The molecule has 0 amide bonds. The maximum atomic E-state index is 4.62. The van der Waals surface area contributed by atoms with Crippen LogP contribution in [0.2, 0.25) is 0 Å². The molecular weight excluding hydrogens is 448 g/mol. The molecule has 1 saturated carbocycles. The van der Waals surface area contributed by atoms with E-state index in [0.29, 0.717) is 0 Å². The Morgan fingerprint density at radius 1 is 0.838 bits per heavy atom.